The molecule has 134 valence electrons. The van der Waals surface area contributed by atoms with Crippen LogP contribution in [0.3, 0.4) is 0 Å². The van der Waals surface area contributed by atoms with Gasteiger partial charge >= 0.3 is 6.09 Å². The van der Waals surface area contributed by atoms with E-state index in [2.05, 4.69) is 6.07 Å². The Hall–Kier alpha value is -2.09. The minimum absolute atomic E-state index is 0.00348. The first-order chi connectivity index (χ1) is 11.7. The molecule has 4 nitrogen and oxygen atoms in total. The van der Waals surface area contributed by atoms with Crippen molar-refractivity contribution in [3.8, 4) is 6.07 Å². The van der Waals surface area contributed by atoms with Crippen LogP contribution in [0.4, 0.5) is 9.18 Å². The van der Waals surface area contributed by atoms with Crippen molar-refractivity contribution in [2.24, 2.45) is 5.41 Å². The summed E-state index contributed by atoms with van der Waals surface area (Å²) in [6.07, 6.45) is 1.70. The number of amides is 1. The van der Waals surface area contributed by atoms with Crippen molar-refractivity contribution in [2.45, 2.75) is 64.3 Å². The number of alkyl halides is 1. The van der Waals surface area contributed by atoms with Crippen LogP contribution in [0.15, 0.2) is 24.3 Å². The van der Waals surface area contributed by atoms with Gasteiger partial charge in [-0.25, -0.2) is 9.18 Å². The monoisotopic (exact) mass is 344 g/mol. The Kier molecular flexibility index (Phi) is 4.49. The molecule has 2 fully saturated rings. The molecule has 1 aliphatic carbocycles. The summed E-state index contributed by atoms with van der Waals surface area (Å²) in [4.78, 5) is 14.4. The SMILES string of the molecule is CC(C)(C)OC(=O)N1CCC2(CC(F)C2)C[C@H]1c1ccc(C#N)cc1. The van der Waals surface area contributed by atoms with Crippen molar-refractivity contribution < 1.29 is 13.9 Å². The van der Waals surface area contributed by atoms with Crippen LogP contribution in [-0.2, 0) is 4.74 Å². The van der Waals surface area contributed by atoms with Crippen LogP contribution >= 0.6 is 0 Å². The fourth-order valence-corrected chi connectivity index (χ4v) is 4.00. The van der Waals surface area contributed by atoms with Crippen LogP contribution in [0.1, 0.15) is 63.6 Å². The predicted octanol–water partition coefficient (Wildman–Crippen LogP) is 4.75. The van der Waals surface area contributed by atoms with E-state index in [1.54, 1.807) is 17.0 Å². The lowest BCUT2D eigenvalue weighted by Crippen LogP contribution is -2.51. The average Bonchev–Trinajstić information content (AvgIpc) is 2.52. The van der Waals surface area contributed by atoms with Gasteiger partial charge in [0.25, 0.3) is 0 Å². The molecule has 2 aliphatic rings. The van der Waals surface area contributed by atoms with E-state index in [4.69, 9.17) is 10.00 Å². The molecule has 1 aliphatic heterocycles. The van der Waals surface area contributed by atoms with Crippen LogP contribution in [0.2, 0.25) is 0 Å². The minimum atomic E-state index is -0.713. The molecule has 1 saturated heterocycles. The molecule has 1 aromatic rings. The number of piperidine rings is 1. The van der Waals surface area contributed by atoms with Crippen LogP contribution in [0, 0.1) is 16.7 Å². The number of hydrogen-bond donors (Lipinski definition) is 0. The molecule has 0 N–H and O–H groups in total. The molecule has 1 amide bonds. The summed E-state index contributed by atoms with van der Waals surface area (Å²) in [6.45, 7) is 6.14. The van der Waals surface area contributed by atoms with Gasteiger partial charge in [-0.1, -0.05) is 12.1 Å². The molecule has 1 heterocycles. The lowest BCUT2D eigenvalue weighted by molar-refractivity contribution is -0.0594. The molecule has 0 unspecified atom stereocenters. The Balaban J connectivity index is 1.85. The number of ether oxygens (including phenoxy) is 1. The zero-order chi connectivity index (χ0) is 18.2. The highest BCUT2D eigenvalue weighted by Gasteiger charge is 2.50. The van der Waals surface area contributed by atoms with E-state index in [0.717, 1.165) is 18.4 Å². The fraction of sp³-hybridized carbons (Fsp3) is 0.600. The van der Waals surface area contributed by atoms with Crippen LogP contribution in [-0.4, -0.2) is 29.3 Å². The molecule has 25 heavy (non-hydrogen) atoms. The van der Waals surface area contributed by atoms with Gasteiger partial charge in [0.1, 0.15) is 11.8 Å². The lowest BCUT2D eigenvalue weighted by Gasteiger charge is -2.52. The second kappa shape index (κ2) is 6.33. The number of likely N-dealkylation sites (tertiary alicyclic amines) is 1. The predicted molar refractivity (Wildman–Crippen MR) is 92.6 cm³/mol. The maximum Gasteiger partial charge on any atom is 0.410 e. The number of hydrogen-bond acceptors (Lipinski definition) is 3. The zero-order valence-corrected chi connectivity index (χ0v) is 15.1. The molecular formula is C20H25FN2O2. The number of rotatable bonds is 1. The van der Waals surface area contributed by atoms with E-state index < -0.39 is 11.8 Å². The number of halogens is 1. The highest BCUT2D eigenvalue weighted by Crippen LogP contribution is 2.55. The molecule has 0 aromatic heterocycles. The van der Waals surface area contributed by atoms with Gasteiger partial charge < -0.3 is 9.64 Å². The van der Waals surface area contributed by atoms with E-state index >= 15 is 0 Å². The van der Waals surface area contributed by atoms with E-state index in [1.165, 1.54) is 0 Å². The summed E-state index contributed by atoms with van der Waals surface area (Å²) in [7, 11) is 0. The Morgan fingerprint density at radius 3 is 2.44 bits per heavy atom. The van der Waals surface area contributed by atoms with Gasteiger partial charge in [-0.05, 0) is 69.6 Å². The van der Waals surface area contributed by atoms with Gasteiger partial charge in [-0.3, -0.25) is 0 Å². The third kappa shape index (κ3) is 3.78. The Bertz CT molecular complexity index is 681. The molecular weight excluding hydrogens is 319 g/mol. The molecule has 0 bridgehead atoms. The van der Waals surface area contributed by atoms with E-state index in [0.29, 0.717) is 24.9 Å². The number of nitrogens with zero attached hydrogens (tertiary/aromatic N) is 2. The first-order valence-electron chi connectivity index (χ1n) is 8.85. The van der Waals surface area contributed by atoms with E-state index in [9.17, 15) is 9.18 Å². The Labute approximate surface area is 148 Å². The summed E-state index contributed by atoms with van der Waals surface area (Å²) in [5.74, 6) is 0. The zero-order valence-electron chi connectivity index (χ0n) is 15.1. The first-order valence-corrected chi connectivity index (χ1v) is 8.85. The highest BCUT2D eigenvalue weighted by atomic mass is 19.1. The normalized spacial score (nSPS) is 29.0. The number of nitriles is 1. The minimum Gasteiger partial charge on any atom is -0.444 e. The molecule has 1 saturated carbocycles. The Morgan fingerprint density at radius 2 is 1.92 bits per heavy atom. The smallest absolute Gasteiger partial charge is 0.410 e. The third-order valence-electron chi connectivity index (χ3n) is 5.25. The summed E-state index contributed by atoms with van der Waals surface area (Å²) >= 11 is 0. The molecule has 1 aromatic carbocycles. The summed E-state index contributed by atoms with van der Waals surface area (Å²) in [6, 6.07) is 9.30. The van der Waals surface area contributed by atoms with Gasteiger partial charge in [0.15, 0.2) is 0 Å². The van der Waals surface area contributed by atoms with Crippen molar-refractivity contribution in [1.82, 2.24) is 4.90 Å². The Morgan fingerprint density at radius 1 is 1.28 bits per heavy atom. The molecule has 3 rings (SSSR count). The van der Waals surface area contributed by atoms with E-state index in [1.807, 2.05) is 32.9 Å². The van der Waals surface area contributed by atoms with Crippen molar-refractivity contribution in [1.29, 1.82) is 5.26 Å². The molecule has 1 spiro atoms. The topological polar surface area (TPSA) is 53.3 Å². The van der Waals surface area contributed by atoms with Crippen molar-refractivity contribution >= 4 is 6.09 Å². The van der Waals surface area contributed by atoms with Crippen LogP contribution in [0.25, 0.3) is 0 Å². The average molecular weight is 344 g/mol. The summed E-state index contributed by atoms with van der Waals surface area (Å²) in [5.41, 5.74) is 1.01. The maximum absolute atomic E-state index is 13.5. The number of benzene rings is 1. The molecule has 1 atom stereocenters. The van der Waals surface area contributed by atoms with Crippen LogP contribution < -0.4 is 0 Å². The van der Waals surface area contributed by atoms with Crippen molar-refractivity contribution in [2.75, 3.05) is 6.54 Å². The van der Waals surface area contributed by atoms with Gasteiger partial charge in [-0.2, -0.15) is 5.26 Å². The second-order valence-electron chi connectivity index (χ2n) is 8.38. The maximum atomic E-state index is 13.5. The van der Waals surface area contributed by atoms with Crippen molar-refractivity contribution in [3.63, 3.8) is 0 Å². The standard InChI is InChI=1S/C20H25FN2O2/c1-19(2,3)25-18(24)23-9-8-20(10-16(21)11-20)12-17(23)15-6-4-14(13-22)5-7-15/h4-7,16-17H,8-12H2,1-3H3/t16?,17-,20?/m0/s1. The van der Waals surface area contributed by atoms with Crippen LogP contribution in [0.5, 0.6) is 0 Å². The third-order valence-corrected chi connectivity index (χ3v) is 5.25. The lowest BCUT2D eigenvalue weighted by atomic mass is 9.60. The van der Waals surface area contributed by atoms with Gasteiger partial charge in [0, 0.05) is 6.54 Å². The highest BCUT2D eigenvalue weighted by molar-refractivity contribution is 5.69. The van der Waals surface area contributed by atoms with Gasteiger partial charge in [-0.15, -0.1) is 0 Å². The van der Waals surface area contributed by atoms with E-state index in [-0.39, 0.29) is 17.6 Å². The largest absolute Gasteiger partial charge is 0.444 e. The summed E-state index contributed by atoms with van der Waals surface area (Å²) in [5, 5.41) is 8.99. The number of carbonyl (C=O) groups excluding carboxylic acids is 1. The second-order valence-corrected chi connectivity index (χ2v) is 8.38. The quantitative estimate of drug-likeness (QED) is 0.739. The molecule has 0 radical (unpaired) electrons. The fourth-order valence-electron chi connectivity index (χ4n) is 4.00. The molecule has 5 heteroatoms. The number of carbonyl (C=O) groups is 1. The van der Waals surface area contributed by atoms with Gasteiger partial charge in [0.2, 0.25) is 0 Å². The van der Waals surface area contributed by atoms with Gasteiger partial charge in [0.05, 0.1) is 17.7 Å². The van der Waals surface area contributed by atoms with Crippen molar-refractivity contribution in [3.05, 3.63) is 35.4 Å². The first kappa shape index (κ1) is 17.7. The summed E-state index contributed by atoms with van der Waals surface area (Å²) < 4.78 is 19.1.